The molecule has 0 unspecified atom stereocenters. The predicted molar refractivity (Wildman–Crippen MR) is 66.6 cm³/mol. The van der Waals surface area contributed by atoms with E-state index < -0.39 is 55.3 Å². The number of carbonyl (C=O) groups excluding carboxylic acids is 3. The maximum atomic E-state index is 13.1. The molecule has 22 heavy (non-hydrogen) atoms. The van der Waals surface area contributed by atoms with E-state index in [1.165, 1.54) is 0 Å². The minimum Gasteiger partial charge on any atom is -0.456 e. The number of hydrogen-bond donors (Lipinski definition) is 1. The number of halogens is 1. The molecule has 1 aliphatic heterocycles. The molecule has 0 saturated carbocycles. The Morgan fingerprint density at radius 3 is 1.82 bits per heavy atom. The normalized spacial score (nSPS) is 31.2. The van der Waals surface area contributed by atoms with Crippen molar-refractivity contribution >= 4 is 17.9 Å². The number of alkyl halides is 1. The maximum Gasteiger partial charge on any atom is 0.303 e. The van der Waals surface area contributed by atoms with E-state index in [9.17, 15) is 18.8 Å². The topological polar surface area (TPSA) is 123 Å². The molecule has 10 heteroatoms. The van der Waals surface area contributed by atoms with Crippen molar-refractivity contribution in [2.24, 2.45) is 5.90 Å². The Labute approximate surface area is 125 Å². The van der Waals surface area contributed by atoms with Crippen molar-refractivity contribution in [3.05, 3.63) is 0 Å². The van der Waals surface area contributed by atoms with Crippen LogP contribution in [0.2, 0.25) is 0 Å². The van der Waals surface area contributed by atoms with Crippen molar-refractivity contribution in [2.75, 3.05) is 6.67 Å². The molecule has 0 bridgehead atoms. The Morgan fingerprint density at radius 1 is 0.955 bits per heavy atom. The zero-order valence-corrected chi connectivity index (χ0v) is 12.3. The van der Waals surface area contributed by atoms with Crippen LogP contribution in [-0.4, -0.2) is 55.3 Å². The van der Waals surface area contributed by atoms with Gasteiger partial charge in [-0.25, -0.2) is 10.3 Å². The highest BCUT2D eigenvalue weighted by Gasteiger charge is 2.52. The summed E-state index contributed by atoms with van der Waals surface area (Å²) in [6.07, 6.45) is -6.65. The molecule has 5 atom stereocenters. The second-order valence-corrected chi connectivity index (χ2v) is 4.56. The molecule has 1 heterocycles. The number of carbonyl (C=O) groups is 3. The van der Waals surface area contributed by atoms with Gasteiger partial charge in [-0.2, -0.15) is 0 Å². The largest absolute Gasteiger partial charge is 0.456 e. The molecule has 1 rings (SSSR count). The molecule has 0 aromatic carbocycles. The highest BCUT2D eigenvalue weighted by atomic mass is 19.1. The summed E-state index contributed by atoms with van der Waals surface area (Å²) in [6, 6.07) is 0. The molecule has 0 aromatic heterocycles. The third-order valence-electron chi connectivity index (χ3n) is 2.78. The molecule has 9 nitrogen and oxygen atoms in total. The van der Waals surface area contributed by atoms with E-state index in [-0.39, 0.29) is 0 Å². The van der Waals surface area contributed by atoms with Gasteiger partial charge in [0.2, 0.25) is 6.29 Å². The Morgan fingerprint density at radius 2 is 1.41 bits per heavy atom. The summed E-state index contributed by atoms with van der Waals surface area (Å²) in [5, 5.41) is 0. The van der Waals surface area contributed by atoms with Crippen LogP contribution in [0.5, 0.6) is 0 Å². The molecule has 1 saturated heterocycles. The monoisotopic (exact) mass is 323 g/mol. The Balaban J connectivity index is 3.14. The highest BCUT2D eigenvalue weighted by molar-refractivity contribution is 5.68. The lowest BCUT2D eigenvalue weighted by molar-refractivity contribution is -0.306. The van der Waals surface area contributed by atoms with Crippen LogP contribution in [0.1, 0.15) is 20.8 Å². The Bertz CT molecular complexity index is 401. The third kappa shape index (κ3) is 4.61. The average Bonchev–Trinajstić information content (AvgIpc) is 2.41. The SMILES string of the molecule is CC(=O)O[C@H]1[C@@H](OC(C)=O)[C@@H](CF)O[C@@H](ON)[C@@H]1OC(C)=O. The van der Waals surface area contributed by atoms with Gasteiger partial charge in [-0.15, -0.1) is 0 Å². The van der Waals surface area contributed by atoms with Crippen LogP contribution >= 0.6 is 0 Å². The maximum absolute atomic E-state index is 13.1. The van der Waals surface area contributed by atoms with Crippen molar-refractivity contribution in [3.8, 4) is 0 Å². The number of hydrogen-bond acceptors (Lipinski definition) is 9. The van der Waals surface area contributed by atoms with Gasteiger partial charge in [0.15, 0.2) is 18.3 Å². The zero-order chi connectivity index (χ0) is 16.9. The quantitative estimate of drug-likeness (QED) is 0.400. The fourth-order valence-corrected chi connectivity index (χ4v) is 2.09. The van der Waals surface area contributed by atoms with E-state index in [0.717, 1.165) is 20.8 Å². The van der Waals surface area contributed by atoms with Crippen LogP contribution in [0.3, 0.4) is 0 Å². The summed E-state index contributed by atoms with van der Waals surface area (Å²) in [5.74, 6) is 2.79. The number of ether oxygens (including phenoxy) is 4. The summed E-state index contributed by atoms with van der Waals surface area (Å²) in [4.78, 5) is 38.1. The molecule has 0 spiro atoms. The molecular weight excluding hydrogens is 305 g/mol. The van der Waals surface area contributed by atoms with Crippen molar-refractivity contribution in [2.45, 2.75) is 51.5 Å². The molecule has 126 valence electrons. The van der Waals surface area contributed by atoms with Crippen LogP contribution in [0, 0.1) is 0 Å². The van der Waals surface area contributed by atoms with Crippen molar-refractivity contribution in [1.29, 1.82) is 0 Å². The Kier molecular flexibility index (Phi) is 6.65. The first-order valence-corrected chi connectivity index (χ1v) is 6.38. The smallest absolute Gasteiger partial charge is 0.303 e. The molecular formula is C12H18FNO8. The first kappa shape index (κ1) is 18.3. The molecule has 0 aliphatic carbocycles. The third-order valence-corrected chi connectivity index (χ3v) is 2.78. The second-order valence-electron chi connectivity index (χ2n) is 4.56. The van der Waals surface area contributed by atoms with Gasteiger partial charge in [0.25, 0.3) is 0 Å². The van der Waals surface area contributed by atoms with Crippen LogP contribution in [-0.2, 0) is 38.2 Å². The number of nitrogens with two attached hydrogens (primary N) is 1. The van der Waals surface area contributed by atoms with E-state index in [2.05, 4.69) is 4.84 Å². The van der Waals surface area contributed by atoms with Crippen LogP contribution < -0.4 is 5.90 Å². The summed E-state index contributed by atoms with van der Waals surface area (Å²) in [5.41, 5.74) is 0. The fourth-order valence-electron chi connectivity index (χ4n) is 2.09. The van der Waals surface area contributed by atoms with Gasteiger partial charge >= 0.3 is 17.9 Å². The van der Waals surface area contributed by atoms with Crippen LogP contribution in [0.15, 0.2) is 0 Å². The van der Waals surface area contributed by atoms with E-state index in [1.54, 1.807) is 0 Å². The van der Waals surface area contributed by atoms with Gasteiger partial charge in [-0.1, -0.05) is 0 Å². The Hall–Kier alpha value is -1.78. The molecule has 0 aromatic rings. The minimum atomic E-state index is -1.39. The van der Waals surface area contributed by atoms with Gasteiger partial charge in [-0.3, -0.25) is 19.2 Å². The zero-order valence-electron chi connectivity index (χ0n) is 12.3. The molecule has 0 radical (unpaired) electrons. The molecule has 2 N–H and O–H groups in total. The second kappa shape index (κ2) is 8.01. The molecule has 0 amide bonds. The summed E-state index contributed by atoms with van der Waals surface area (Å²) >= 11 is 0. The van der Waals surface area contributed by atoms with E-state index >= 15 is 0 Å². The van der Waals surface area contributed by atoms with E-state index in [4.69, 9.17) is 24.8 Å². The lowest BCUT2D eigenvalue weighted by Gasteiger charge is -2.42. The van der Waals surface area contributed by atoms with Crippen LogP contribution in [0.25, 0.3) is 0 Å². The number of esters is 3. The predicted octanol–water partition coefficient (Wildman–Crippen LogP) is -0.634. The van der Waals surface area contributed by atoms with Crippen molar-refractivity contribution < 1.29 is 42.6 Å². The lowest BCUT2D eigenvalue weighted by Crippen LogP contribution is -2.62. The fraction of sp³-hybridized carbons (Fsp3) is 0.750. The first-order chi connectivity index (χ1) is 10.3. The average molecular weight is 323 g/mol. The van der Waals surface area contributed by atoms with Gasteiger partial charge < -0.3 is 18.9 Å². The van der Waals surface area contributed by atoms with Gasteiger partial charge in [0.05, 0.1) is 0 Å². The minimum absolute atomic E-state index is 0.743. The summed E-state index contributed by atoms with van der Waals surface area (Å²) < 4.78 is 33.2. The van der Waals surface area contributed by atoms with Crippen LogP contribution in [0.4, 0.5) is 4.39 Å². The molecule has 1 fully saturated rings. The van der Waals surface area contributed by atoms with E-state index in [1.807, 2.05) is 0 Å². The highest BCUT2D eigenvalue weighted by Crippen LogP contribution is 2.29. The van der Waals surface area contributed by atoms with Gasteiger partial charge in [0, 0.05) is 20.8 Å². The van der Waals surface area contributed by atoms with Gasteiger partial charge in [-0.05, 0) is 0 Å². The summed E-state index contributed by atoms with van der Waals surface area (Å²) in [6.45, 7) is 2.21. The standard InChI is InChI=1S/C12H18FNO8/c1-5(15)18-9-8(4-13)21-12(22-14)11(20-7(3)17)10(9)19-6(2)16/h8-12H,4,14H2,1-3H3/t8-,9+,10+,11-,12+/m1/s1. The van der Waals surface area contributed by atoms with E-state index in [0.29, 0.717) is 0 Å². The summed E-state index contributed by atoms with van der Waals surface area (Å²) in [7, 11) is 0. The first-order valence-electron chi connectivity index (χ1n) is 6.38. The van der Waals surface area contributed by atoms with Crippen molar-refractivity contribution in [1.82, 2.24) is 0 Å². The van der Waals surface area contributed by atoms with Gasteiger partial charge in [0.1, 0.15) is 12.8 Å². The number of rotatable bonds is 5. The van der Waals surface area contributed by atoms with Crippen molar-refractivity contribution in [3.63, 3.8) is 0 Å². The lowest BCUT2D eigenvalue weighted by atomic mass is 9.98. The molecule has 1 aliphatic rings.